The zero-order valence-electron chi connectivity index (χ0n) is 10.8. The zero-order valence-corrected chi connectivity index (χ0v) is 12.3. The fourth-order valence-corrected chi connectivity index (χ4v) is 1.70. The first-order chi connectivity index (χ1) is 8.16. The smallest absolute Gasteiger partial charge is 0.252 e. The molecule has 0 atom stereocenters. The highest BCUT2D eigenvalue weighted by Gasteiger charge is 2.10. The predicted octanol–water partition coefficient (Wildman–Crippen LogP) is 2.80. The number of halogens is 2. The maximum absolute atomic E-state index is 11.8. The number of aryl methyl sites for hydroxylation is 1. The second kappa shape index (κ2) is 9.20. The molecular formula is C13H20Cl2N2O. The van der Waals surface area contributed by atoms with Crippen LogP contribution in [0.25, 0.3) is 0 Å². The maximum Gasteiger partial charge on any atom is 0.252 e. The molecule has 0 saturated heterocycles. The predicted molar refractivity (Wildman–Crippen MR) is 78.9 cm³/mol. The van der Waals surface area contributed by atoms with Gasteiger partial charge in [0.25, 0.3) is 5.91 Å². The van der Waals surface area contributed by atoms with Crippen molar-refractivity contribution in [2.24, 2.45) is 0 Å². The van der Waals surface area contributed by atoms with Gasteiger partial charge in [-0.1, -0.05) is 30.7 Å². The van der Waals surface area contributed by atoms with E-state index in [0.717, 1.165) is 25.1 Å². The molecule has 0 aliphatic carbocycles. The standard InChI is InChI=1S/C13H19ClN2O.ClH/c1-3-7-15-8-9-16-13(17)11-6-4-5-10(2)12(11)14;/h4-6,15H,3,7-9H2,1-2H3,(H,16,17);1H. The Kier molecular flexibility index (Phi) is 8.81. The molecule has 18 heavy (non-hydrogen) atoms. The first-order valence-electron chi connectivity index (χ1n) is 5.90. The van der Waals surface area contributed by atoms with Crippen LogP contribution in [0.1, 0.15) is 29.3 Å². The van der Waals surface area contributed by atoms with Gasteiger partial charge in [-0.15, -0.1) is 12.4 Å². The second-order valence-corrected chi connectivity index (χ2v) is 4.32. The molecule has 0 spiro atoms. The summed E-state index contributed by atoms with van der Waals surface area (Å²) in [4.78, 5) is 11.8. The van der Waals surface area contributed by atoms with Crippen molar-refractivity contribution >= 4 is 29.9 Å². The average molecular weight is 291 g/mol. The van der Waals surface area contributed by atoms with Gasteiger partial charge in [-0.25, -0.2) is 0 Å². The molecule has 1 aromatic rings. The van der Waals surface area contributed by atoms with Crippen LogP contribution in [0.4, 0.5) is 0 Å². The minimum atomic E-state index is -0.114. The normalized spacial score (nSPS) is 9.72. The van der Waals surface area contributed by atoms with Gasteiger partial charge in [-0.2, -0.15) is 0 Å². The summed E-state index contributed by atoms with van der Waals surface area (Å²) in [6.45, 7) is 6.37. The molecule has 1 aromatic carbocycles. The summed E-state index contributed by atoms with van der Waals surface area (Å²) in [7, 11) is 0. The molecule has 0 saturated carbocycles. The summed E-state index contributed by atoms with van der Waals surface area (Å²) in [5.74, 6) is -0.114. The minimum absolute atomic E-state index is 0. The van der Waals surface area contributed by atoms with Crippen molar-refractivity contribution in [2.45, 2.75) is 20.3 Å². The van der Waals surface area contributed by atoms with E-state index in [1.54, 1.807) is 6.07 Å². The van der Waals surface area contributed by atoms with Gasteiger partial charge in [-0.05, 0) is 31.5 Å². The molecule has 5 heteroatoms. The molecule has 0 radical (unpaired) electrons. The summed E-state index contributed by atoms with van der Waals surface area (Å²) in [5.41, 5.74) is 1.46. The first kappa shape index (κ1) is 17.2. The molecule has 0 aromatic heterocycles. The Balaban J connectivity index is 0.00000289. The Morgan fingerprint density at radius 3 is 2.67 bits per heavy atom. The van der Waals surface area contributed by atoms with Gasteiger partial charge >= 0.3 is 0 Å². The number of carbonyl (C=O) groups is 1. The number of hydrogen-bond acceptors (Lipinski definition) is 2. The Morgan fingerprint density at radius 2 is 2.00 bits per heavy atom. The van der Waals surface area contributed by atoms with Crippen LogP contribution < -0.4 is 10.6 Å². The van der Waals surface area contributed by atoms with E-state index in [1.165, 1.54) is 0 Å². The van der Waals surface area contributed by atoms with Gasteiger partial charge in [0, 0.05) is 13.1 Å². The molecule has 0 fully saturated rings. The molecule has 1 rings (SSSR count). The molecule has 3 nitrogen and oxygen atoms in total. The zero-order chi connectivity index (χ0) is 12.7. The minimum Gasteiger partial charge on any atom is -0.351 e. The SMILES string of the molecule is CCCNCCNC(=O)c1cccc(C)c1Cl.Cl. The number of rotatable bonds is 6. The number of nitrogens with one attached hydrogen (secondary N) is 2. The molecule has 2 N–H and O–H groups in total. The molecule has 0 heterocycles. The molecule has 0 aliphatic rings. The lowest BCUT2D eigenvalue weighted by Crippen LogP contribution is -2.32. The van der Waals surface area contributed by atoms with Gasteiger partial charge in [0.05, 0.1) is 10.6 Å². The number of amides is 1. The lowest BCUT2D eigenvalue weighted by Gasteiger charge is -2.08. The highest BCUT2D eigenvalue weighted by molar-refractivity contribution is 6.34. The summed E-state index contributed by atoms with van der Waals surface area (Å²) < 4.78 is 0. The van der Waals surface area contributed by atoms with Crippen LogP contribution in [0.3, 0.4) is 0 Å². The van der Waals surface area contributed by atoms with Crippen molar-refractivity contribution in [3.05, 3.63) is 34.3 Å². The number of benzene rings is 1. The summed E-state index contributed by atoms with van der Waals surface area (Å²) in [6.07, 6.45) is 1.09. The summed E-state index contributed by atoms with van der Waals surface area (Å²) in [5, 5.41) is 6.59. The lowest BCUT2D eigenvalue weighted by atomic mass is 10.1. The van der Waals surface area contributed by atoms with Crippen molar-refractivity contribution < 1.29 is 4.79 Å². The van der Waals surface area contributed by atoms with E-state index < -0.39 is 0 Å². The van der Waals surface area contributed by atoms with Crippen LogP contribution in [-0.2, 0) is 0 Å². The van der Waals surface area contributed by atoms with E-state index in [-0.39, 0.29) is 18.3 Å². The fraction of sp³-hybridized carbons (Fsp3) is 0.462. The first-order valence-corrected chi connectivity index (χ1v) is 6.28. The third kappa shape index (κ3) is 5.25. The van der Waals surface area contributed by atoms with Crippen LogP contribution >= 0.6 is 24.0 Å². The summed E-state index contributed by atoms with van der Waals surface area (Å²) >= 11 is 6.07. The van der Waals surface area contributed by atoms with Crippen LogP contribution in [0.5, 0.6) is 0 Å². The van der Waals surface area contributed by atoms with Gasteiger partial charge in [0.15, 0.2) is 0 Å². The van der Waals surface area contributed by atoms with E-state index in [2.05, 4.69) is 17.6 Å². The molecule has 0 aliphatic heterocycles. The Bertz CT molecular complexity index is 383. The Labute approximate surface area is 120 Å². The van der Waals surface area contributed by atoms with Crippen LogP contribution in [0.15, 0.2) is 18.2 Å². The van der Waals surface area contributed by atoms with Crippen molar-refractivity contribution in [1.29, 1.82) is 0 Å². The average Bonchev–Trinajstić information content (AvgIpc) is 2.32. The Hall–Kier alpha value is -0.770. The summed E-state index contributed by atoms with van der Waals surface area (Å²) in [6, 6.07) is 5.47. The van der Waals surface area contributed by atoms with E-state index in [4.69, 9.17) is 11.6 Å². The van der Waals surface area contributed by atoms with Gasteiger partial charge in [0.2, 0.25) is 0 Å². The highest BCUT2D eigenvalue weighted by atomic mass is 35.5. The number of hydrogen-bond donors (Lipinski definition) is 2. The van der Waals surface area contributed by atoms with Gasteiger partial charge < -0.3 is 10.6 Å². The van der Waals surface area contributed by atoms with Crippen LogP contribution in [-0.4, -0.2) is 25.5 Å². The van der Waals surface area contributed by atoms with E-state index in [1.807, 2.05) is 19.1 Å². The third-order valence-corrected chi connectivity index (χ3v) is 2.95. The highest BCUT2D eigenvalue weighted by Crippen LogP contribution is 2.19. The van der Waals surface area contributed by atoms with Gasteiger partial charge in [0.1, 0.15) is 0 Å². The molecular weight excluding hydrogens is 271 g/mol. The van der Waals surface area contributed by atoms with Crippen molar-refractivity contribution in [3.8, 4) is 0 Å². The van der Waals surface area contributed by atoms with Crippen molar-refractivity contribution in [1.82, 2.24) is 10.6 Å². The van der Waals surface area contributed by atoms with Crippen LogP contribution in [0.2, 0.25) is 5.02 Å². The quantitative estimate of drug-likeness (QED) is 0.791. The topological polar surface area (TPSA) is 41.1 Å². The number of carbonyl (C=O) groups excluding carboxylic acids is 1. The van der Waals surface area contributed by atoms with Crippen molar-refractivity contribution in [3.63, 3.8) is 0 Å². The van der Waals surface area contributed by atoms with Gasteiger partial charge in [-0.3, -0.25) is 4.79 Å². The van der Waals surface area contributed by atoms with E-state index in [9.17, 15) is 4.79 Å². The largest absolute Gasteiger partial charge is 0.351 e. The fourth-order valence-electron chi connectivity index (χ4n) is 1.48. The molecule has 1 amide bonds. The second-order valence-electron chi connectivity index (χ2n) is 3.94. The lowest BCUT2D eigenvalue weighted by molar-refractivity contribution is 0.0954. The molecule has 102 valence electrons. The maximum atomic E-state index is 11.8. The molecule has 0 bridgehead atoms. The van der Waals surface area contributed by atoms with E-state index in [0.29, 0.717) is 17.1 Å². The van der Waals surface area contributed by atoms with Crippen LogP contribution in [0, 0.1) is 6.92 Å². The van der Waals surface area contributed by atoms with Crippen molar-refractivity contribution in [2.75, 3.05) is 19.6 Å². The third-order valence-electron chi connectivity index (χ3n) is 2.45. The molecule has 0 unspecified atom stereocenters. The monoisotopic (exact) mass is 290 g/mol. The van der Waals surface area contributed by atoms with E-state index >= 15 is 0 Å². The Morgan fingerprint density at radius 1 is 1.28 bits per heavy atom.